The Morgan fingerprint density at radius 3 is 2.87 bits per heavy atom. The third-order valence-corrected chi connectivity index (χ3v) is 7.64. The number of hydrogen-bond donors (Lipinski definition) is 2. The van der Waals surface area contributed by atoms with Crippen molar-refractivity contribution in [3.63, 3.8) is 0 Å². The largest absolute Gasteiger partial charge is 0.355 e. The van der Waals surface area contributed by atoms with E-state index in [1.165, 1.54) is 28.0 Å². The Kier molecular flexibility index (Phi) is 6.89. The fourth-order valence-corrected chi connectivity index (χ4v) is 5.88. The molecule has 0 unspecified atom stereocenters. The van der Waals surface area contributed by atoms with E-state index in [-0.39, 0.29) is 11.5 Å². The molecule has 1 amide bonds. The van der Waals surface area contributed by atoms with Gasteiger partial charge in [0.25, 0.3) is 5.56 Å². The van der Waals surface area contributed by atoms with Gasteiger partial charge in [0.1, 0.15) is 10.7 Å². The lowest BCUT2D eigenvalue weighted by molar-refractivity contribution is -0.120. The van der Waals surface area contributed by atoms with E-state index in [1.807, 2.05) is 11.8 Å². The molecule has 4 rings (SSSR count). The van der Waals surface area contributed by atoms with Gasteiger partial charge in [-0.2, -0.15) is 11.8 Å². The third kappa shape index (κ3) is 5.13. The zero-order chi connectivity index (χ0) is 20.9. The summed E-state index contributed by atoms with van der Waals surface area (Å²) in [5.74, 6) is 2.43. The van der Waals surface area contributed by atoms with Gasteiger partial charge in [-0.25, -0.2) is 4.98 Å². The van der Waals surface area contributed by atoms with Gasteiger partial charge in [-0.1, -0.05) is 29.8 Å². The lowest BCUT2D eigenvalue weighted by atomic mass is 9.97. The van der Waals surface area contributed by atoms with Crippen LogP contribution in [0.15, 0.2) is 29.1 Å². The molecule has 5 nitrogen and oxygen atoms in total. The average molecular weight is 442 g/mol. The zero-order valence-corrected chi connectivity index (χ0v) is 18.9. The van der Waals surface area contributed by atoms with Crippen LogP contribution in [0.4, 0.5) is 0 Å². The van der Waals surface area contributed by atoms with Crippen LogP contribution in [0.3, 0.4) is 0 Å². The molecule has 0 fully saturated rings. The summed E-state index contributed by atoms with van der Waals surface area (Å²) in [6.45, 7) is 2.74. The second-order valence-electron chi connectivity index (χ2n) is 7.79. The van der Waals surface area contributed by atoms with Crippen molar-refractivity contribution in [1.29, 1.82) is 0 Å². The third-order valence-electron chi connectivity index (χ3n) is 5.42. The van der Waals surface area contributed by atoms with E-state index in [0.717, 1.165) is 41.0 Å². The number of amides is 1. The molecule has 0 radical (unpaired) electrons. The number of rotatable bonds is 8. The molecule has 3 aromatic rings. The summed E-state index contributed by atoms with van der Waals surface area (Å²) in [6.07, 6.45) is 5.15. The number of thioether (sulfide) groups is 1. The molecular weight excluding hydrogens is 414 g/mol. The van der Waals surface area contributed by atoms with E-state index in [2.05, 4.69) is 46.5 Å². The van der Waals surface area contributed by atoms with Crippen molar-refractivity contribution in [1.82, 2.24) is 15.3 Å². The SMILES string of the molecule is Cc1ccc(CSCCNC(=O)CCc2nc3sc4c(c3c(=O)[nH]2)CCCC4)cc1. The maximum absolute atomic E-state index is 12.6. The van der Waals surface area contributed by atoms with Gasteiger partial charge >= 0.3 is 0 Å². The molecule has 0 saturated carbocycles. The van der Waals surface area contributed by atoms with Crippen molar-refractivity contribution < 1.29 is 4.79 Å². The maximum Gasteiger partial charge on any atom is 0.259 e. The van der Waals surface area contributed by atoms with E-state index in [4.69, 9.17) is 0 Å². The topological polar surface area (TPSA) is 74.8 Å². The molecule has 158 valence electrons. The highest BCUT2D eigenvalue weighted by Crippen LogP contribution is 2.33. The summed E-state index contributed by atoms with van der Waals surface area (Å²) >= 11 is 3.46. The minimum absolute atomic E-state index is 0.000782. The number of carbonyl (C=O) groups is 1. The summed E-state index contributed by atoms with van der Waals surface area (Å²) in [5.41, 5.74) is 3.71. The van der Waals surface area contributed by atoms with Crippen LogP contribution in [0.2, 0.25) is 0 Å². The maximum atomic E-state index is 12.6. The smallest absolute Gasteiger partial charge is 0.259 e. The van der Waals surface area contributed by atoms with Crippen LogP contribution in [0.1, 0.15) is 46.7 Å². The Morgan fingerprint density at radius 1 is 1.23 bits per heavy atom. The number of thiophene rings is 1. The molecule has 2 heterocycles. The van der Waals surface area contributed by atoms with Gasteiger partial charge in [0.05, 0.1) is 5.39 Å². The first-order chi connectivity index (χ1) is 14.6. The van der Waals surface area contributed by atoms with Crippen molar-refractivity contribution in [2.75, 3.05) is 12.3 Å². The molecule has 0 bridgehead atoms. The molecule has 1 aliphatic rings. The minimum Gasteiger partial charge on any atom is -0.355 e. The van der Waals surface area contributed by atoms with Gasteiger partial charge < -0.3 is 10.3 Å². The molecule has 0 aliphatic heterocycles. The summed E-state index contributed by atoms with van der Waals surface area (Å²) in [6, 6.07) is 8.54. The van der Waals surface area contributed by atoms with E-state index >= 15 is 0 Å². The van der Waals surface area contributed by atoms with Crippen LogP contribution in [0.25, 0.3) is 10.2 Å². The number of H-pyrrole nitrogens is 1. The Bertz CT molecular complexity index is 1090. The Morgan fingerprint density at radius 2 is 2.03 bits per heavy atom. The molecule has 0 atom stereocenters. The number of benzene rings is 1. The fraction of sp³-hybridized carbons (Fsp3) is 0.435. The first-order valence-corrected chi connectivity index (χ1v) is 12.5. The predicted octanol–water partition coefficient (Wildman–Crippen LogP) is 4.15. The van der Waals surface area contributed by atoms with Crippen LogP contribution in [-0.2, 0) is 29.8 Å². The summed E-state index contributed by atoms with van der Waals surface area (Å²) < 4.78 is 0. The standard InChI is InChI=1S/C23H27N3O2S2/c1-15-6-8-16(9-7-15)14-29-13-12-24-20(27)11-10-19-25-22(28)21-17-4-2-3-5-18(17)30-23(21)26-19/h6-9H,2-5,10-14H2,1H3,(H,24,27)(H,25,26,28). The van der Waals surface area contributed by atoms with E-state index < -0.39 is 0 Å². The molecule has 7 heteroatoms. The summed E-state index contributed by atoms with van der Waals surface area (Å²) in [5, 5.41) is 3.73. The quantitative estimate of drug-likeness (QED) is 0.515. The van der Waals surface area contributed by atoms with Gasteiger partial charge in [-0.15, -0.1) is 11.3 Å². The van der Waals surface area contributed by atoms with E-state index in [9.17, 15) is 9.59 Å². The van der Waals surface area contributed by atoms with Crippen LogP contribution < -0.4 is 10.9 Å². The second kappa shape index (κ2) is 9.79. The monoisotopic (exact) mass is 441 g/mol. The number of nitrogens with zero attached hydrogens (tertiary/aromatic N) is 1. The second-order valence-corrected chi connectivity index (χ2v) is 9.98. The number of aromatic amines is 1. The molecular formula is C23H27N3O2S2. The van der Waals surface area contributed by atoms with Gasteiger partial charge in [0, 0.05) is 35.8 Å². The highest BCUT2D eigenvalue weighted by Gasteiger charge is 2.19. The Labute approximate surface area is 184 Å². The number of hydrogen-bond acceptors (Lipinski definition) is 5. The van der Waals surface area contributed by atoms with Gasteiger partial charge in [-0.3, -0.25) is 9.59 Å². The minimum atomic E-state index is -0.0534. The highest BCUT2D eigenvalue weighted by atomic mass is 32.2. The molecule has 1 aromatic carbocycles. The first-order valence-electron chi connectivity index (χ1n) is 10.5. The Balaban J connectivity index is 1.23. The van der Waals surface area contributed by atoms with E-state index in [0.29, 0.717) is 25.2 Å². The van der Waals surface area contributed by atoms with Crippen molar-refractivity contribution in [2.24, 2.45) is 0 Å². The summed E-state index contributed by atoms with van der Waals surface area (Å²) in [7, 11) is 0. The number of aromatic nitrogens is 2. The van der Waals surface area contributed by atoms with Crippen molar-refractivity contribution in [2.45, 2.75) is 51.2 Å². The lowest BCUT2D eigenvalue weighted by Gasteiger charge is -2.09. The van der Waals surface area contributed by atoms with Crippen molar-refractivity contribution in [3.8, 4) is 0 Å². The van der Waals surface area contributed by atoms with Gasteiger partial charge in [0.15, 0.2) is 0 Å². The normalized spacial score (nSPS) is 13.4. The molecule has 1 aliphatic carbocycles. The number of fused-ring (bicyclic) bond motifs is 3. The van der Waals surface area contributed by atoms with E-state index in [1.54, 1.807) is 11.3 Å². The fourth-order valence-electron chi connectivity index (χ4n) is 3.78. The number of nitrogens with one attached hydrogen (secondary N) is 2. The predicted molar refractivity (Wildman–Crippen MR) is 126 cm³/mol. The molecule has 2 N–H and O–H groups in total. The highest BCUT2D eigenvalue weighted by molar-refractivity contribution is 7.98. The molecule has 0 spiro atoms. The summed E-state index contributed by atoms with van der Waals surface area (Å²) in [4.78, 5) is 34.4. The molecule has 2 aromatic heterocycles. The van der Waals surface area contributed by atoms with Crippen molar-refractivity contribution in [3.05, 3.63) is 62.0 Å². The first kappa shape index (κ1) is 21.1. The van der Waals surface area contributed by atoms with Crippen LogP contribution in [0, 0.1) is 6.92 Å². The van der Waals surface area contributed by atoms with Crippen molar-refractivity contribution >= 4 is 39.2 Å². The molecule has 30 heavy (non-hydrogen) atoms. The lowest BCUT2D eigenvalue weighted by Crippen LogP contribution is -2.26. The van der Waals surface area contributed by atoms with Crippen LogP contribution in [-0.4, -0.2) is 28.2 Å². The van der Waals surface area contributed by atoms with Crippen LogP contribution >= 0.6 is 23.1 Å². The number of aryl methyl sites for hydroxylation is 4. The Hall–Kier alpha value is -2.12. The van der Waals surface area contributed by atoms with Gasteiger partial charge in [-0.05, 0) is 43.7 Å². The molecule has 0 saturated heterocycles. The average Bonchev–Trinajstić information content (AvgIpc) is 3.12. The zero-order valence-electron chi connectivity index (χ0n) is 17.3. The van der Waals surface area contributed by atoms with Gasteiger partial charge in [0.2, 0.25) is 5.91 Å². The number of carbonyl (C=O) groups excluding carboxylic acids is 1. The van der Waals surface area contributed by atoms with Crippen LogP contribution in [0.5, 0.6) is 0 Å².